The minimum Gasteiger partial charge on any atom is -0.352 e. The lowest BCUT2D eigenvalue weighted by Gasteiger charge is -2.35. The Morgan fingerprint density at radius 1 is 1.07 bits per heavy atom. The second-order valence-electron chi connectivity index (χ2n) is 7.41. The first-order valence-corrected chi connectivity index (χ1v) is 9.92. The highest BCUT2D eigenvalue weighted by Gasteiger charge is 2.24. The average molecular weight is 378 g/mol. The fraction of sp³-hybridized carbons (Fsp3) is 0.429. The maximum absolute atomic E-state index is 12.0. The Labute approximate surface area is 165 Å². The van der Waals surface area contributed by atoms with Gasteiger partial charge in [-0.3, -0.25) is 4.79 Å². The van der Waals surface area contributed by atoms with E-state index in [0.717, 1.165) is 54.5 Å². The van der Waals surface area contributed by atoms with Gasteiger partial charge in [0.25, 0.3) is 0 Å². The number of aromatic nitrogens is 4. The molecule has 0 spiro atoms. The minimum absolute atomic E-state index is 0.213. The van der Waals surface area contributed by atoms with Crippen LogP contribution in [0, 0.1) is 0 Å². The Morgan fingerprint density at radius 2 is 1.79 bits per heavy atom. The van der Waals surface area contributed by atoms with Gasteiger partial charge in [0.2, 0.25) is 5.91 Å². The molecule has 0 radical (unpaired) electrons. The summed E-state index contributed by atoms with van der Waals surface area (Å²) in [4.78, 5) is 25.9. The average Bonchev–Trinajstić information content (AvgIpc) is 3.17. The van der Waals surface area contributed by atoms with Crippen molar-refractivity contribution < 1.29 is 4.79 Å². The van der Waals surface area contributed by atoms with Gasteiger partial charge in [-0.15, -0.1) is 0 Å². The summed E-state index contributed by atoms with van der Waals surface area (Å²) in [5.41, 5.74) is 1.81. The van der Waals surface area contributed by atoms with Gasteiger partial charge in [-0.1, -0.05) is 39.0 Å². The van der Waals surface area contributed by atoms with Crippen molar-refractivity contribution in [2.75, 3.05) is 31.1 Å². The number of carbonyl (C=O) groups excluding carboxylic acids is 1. The Morgan fingerprint density at radius 3 is 2.43 bits per heavy atom. The molecule has 0 N–H and O–H groups in total. The number of nitrogens with zero attached hydrogens (tertiary/aromatic N) is 6. The first kappa shape index (κ1) is 18.4. The van der Waals surface area contributed by atoms with Crippen LogP contribution in [0.1, 0.15) is 38.9 Å². The van der Waals surface area contributed by atoms with Crippen LogP contribution < -0.4 is 4.90 Å². The summed E-state index contributed by atoms with van der Waals surface area (Å²) in [6, 6.07) is 10.0. The molecule has 1 amide bonds. The van der Waals surface area contributed by atoms with Gasteiger partial charge in [0.15, 0.2) is 5.65 Å². The summed E-state index contributed by atoms with van der Waals surface area (Å²) in [7, 11) is 0. The lowest BCUT2D eigenvalue weighted by molar-refractivity contribution is -0.131. The third-order valence-corrected chi connectivity index (χ3v) is 5.18. The summed E-state index contributed by atoms with van der Waals surface area (Å²) < 4.78 is 1.88. The maximum Gasteiger partial charge on any atom is 0.222 e. The molecule has 3 aromatic rings. The normalized spacial score (nSPS) is 14.9. The maximum atomic E-state index is 12.0. The molecule has 7 heteroatoms. The van der Waals surface area contributed by atoms with Crippen LogP contribution in [-0.4, -0.2) is 56.7 Å². The number of hydrogen-bond donors (Lipinski definition) is 0. The molecular weight excluding hydrogens is 352 g/mol. The van der Waals surface area contributed by atoms with Crippen LogP contribution in [-0.2, 0) is 4.79 Å². The highest BCUT2D eigenvalue weighted by atomic mass is 16.2. The van der Waals surface area contributed by atoms with Gasteiger partial charge in [-0.25, -0.2) is 14.6 Å². The molecule has 0 atom stereocenters. The first-order chi connectivity index (χ1) is 13.6. The van der Waals surface area contributed by atoms with Crippen molar-refractivity contribution in [3.8, 4) is 5.69 Å². The molecule has 0 saturated carbocycles. The SMILES string of the molecule is CCC(=O)N1CCN(c2nc(C(C)C)nc3c2cnn3-c2ccccc2)CC1. The molecule has 0 unspecified atom stereocenters. The monoisotopic (exact) mass is 378 g/mol. The summed E-state index contributed by atoms with van der Waals surface area (Å²) in [5.74, 6) is 2.16. The van der Waals surface area contributed by atoms with Crippen molar-refractivity contribution in [1.82, 2.24) is 24.6 Å². The van der Waals surface area contributed by atoms with Crippen molar-refractivity contribution in [2.24, 2.45) is 0 Å². The van der Waals surface area contributed by atoms with Crippen LogP contribution in [0.5, 0.6) is 0 Å². The molecular formula is C21H26N6O. The first-order valence-electron chi connectivity index (χ1n) is 9.92. The van der Waals surface area contributed by atoms with Gasteiger partial charge in [0.05, 0.1) is 17.3 Å². The predicted molar refractivity (Wildman–Crippen MR) is 110 cm³/mol. The van der Waals surface area contributed by atoms with E-state index in [1.54, 1.807) is 0 Å². The topological polar surface area (TPSA) is 67.2 Å². The molecule has 1 fully saturated rings. The van der Waals surface area contributed by atoms with Gasteiger partial charge < -0.3 is 9.80 Å². The molecule has 1 saturated heterocycles. The van der Waals surface area contributed by atoms with E-state index in [4.69, 9.17) is 9.97 Å². The zero-order valence-electron chi connectivity index (χ0n) is 16.7. The molecule has 28 heavy (non-hydrogen) atoms. The van der Waals surface area contributed by atoms with E-state index in [-0.39, 0.29) is 11.8 Å². The van der Waals surface area contributed by atoms with Crippen molar-refractivity contribution >= 4 is 22.8 Å². The molecule has 2 aromatic heterocycles. The zero-order chi connectivity index (χ0) is 19.7. The predicted octanol–water partition coefficient (Wildman–Crippen LogP) is 3.00. The Hall–Kier alpha value is -2.96. The highest BCUT2D eigenvalue weighted by molar-refractivity contribution is 5.88. The van der Waals surface area contributed by atoms with Crippen LogP contribution in [0.25, 0.3) is 16.7 Å². The van der Waals surface area contributed by atoms with E-state index in [1.165, 1.54) is 0 Å². The molecule has 4 rings (SSSR count). The number of piperazine rings is 1. The van der Waals surface area contributed by atoms with E-state index in [1.807, 2.05) is 53.0 Å². The van der Waals surface area contributed by atoms with E-state index in [2.05, 4.69) is 23.8 Å². The van der Waals surface area contributed by atoms with Crippen molar-refractivity contribution in [3.63, 3.8) is 0 Å². The highest BCUT2D eigenvalue weighted by Crippen LogP contribution is 2.28. The van der Waals surface area contributed by atoms with E-state index >= 15 is 0 Å². The quantitative estimate of drug-likeness (QED) is 0.698. The number of amides is 1. The van der Waals surface area contributed by atoms with E-state index < -0.39 is 0 Å². The number of benzene rings is 1. The Kier molecular flexibility index (Phi) is 4.98. The number of hydrogen-bond acceptors (Lipinski definition) is 5. The molecule has 0 aliphatic carbocycles. The number of rotatable bonds is 4. The van der Waals surface area contributed by atoms with E-state index in [0.29, 0.717) is 6.42 Å². The molecule has 1 aliphatic heterocycles. The molecule has 1 aliphatic rings. The van der Waals surface area contributed by atoms with Gasteiger partial charge in [-0.05, 0) is 12.1 Å². The van der Waals surface area contributed by atoms with Gasteiger partial charge in [0.1, 0.15) is 11.6 Å². The molecule has 7 nitrogen and oxygen atoms in total. The van der Waals surface area contributed by atoms with Crippen LogP contribution in [0.2, 0.25) is 0 Å². The lowest BCUT2D eigenvalue weighted by Crippen LogP contribution is -2.49. The van der Waals surface area contributed by atoms with Crippen LogP contribution >= 0.6 is 0 Å². The molecule has 146 valence electrons. The lowest BCUT2D eigenvalue weighted by atomic mass is 10.2. The summed E-state index contributed by atoms with van der Waals surface area (Å²) >= 11 is 0. The zero-order valence-corrected chi connectivity index (χ0v) is 16.7. The van der Waals surface area contributed by atoms with Crippen molar-refractivity contribution in [2.45, 2.75) is 33.1 Å². The molecule has 1 aromatic carbocycles. The number of fused-ring (bicyclic) bond motifs is 1. The smallest absolute Gasteiger partial charge is 0.222 e. The fourth-order valence-electron chi connectivity index (χ4n) is 3.56. The summed E-state index contributed by atoms with van der Waals surface area (Å²) in [6.07, 6.45) is 2.41. The summed E-state index contributed by atoms with van der Waals surface area (Å²) in [6.45, 7) is 9.11. The molecule has 3 heterocycles. The minimum atomic E-state index is 0.213. The second-order valence-corrected chi connectivity index (χ2v) is 7.41. The Balaban J connectivity index is 1.74. The fourth-order valence-corrected chi connectivity index (χ4v) is 3.56. The van der Waals surface area contributed by atoms with Crippen LogP contribution in [0.4, 0.5) is 5.82 Å². The molecule has 0 bridgehead atoms. The number of anilines is 1. The second kappa shape index (κ2) is 7.58. The van der Waals surface area contributed by atoms with Crippen LogP contribution in [0.3, 0.4) is 0 Å². The van der Waals surface area contributed by atoms with Gasteiger partial charge >= 0.3 is 0 Å². The van der Waals surface area contributed by atoms with Gasteiger partial charge in [-0.2, -0.15) is 5.10 Å². The van der Waals surface area contributed by atoms with Crippen molar-refractivity contribution in [3.05, 3.63) is 42.4 Å². The standard InChI is InChI=1S/C21H26N6O/c1-4-18(28)25-10-12-26(13-11-25)20-17-14-22-27(16-8-6-5-7-9-16)21(17)24-19(23-20)15(2)3/h5-9,14-15H,4,10-13H2,1-3H3. The largest absolute Gasteiger partial charge is 0.352 e. The van der Waals surface area contributed by atoms with Crippen LogP contribution in [0.15, 0.2) is 36.5 Å². The number of carbonyl (C=O) groups is 1. The third-order valence-electron chi connectivity index (χ3n) is 5.18. The number of para-hydroxylation sites is 1. The summed E-state index contributed by atoms with van der Waals surface area (Å²) in [5, 5.41) is 5.55. The van der Waals surface area contributed by atoms with Crippen molar-refractivity contribution in [1.29, 1.82) is 0 Å². The Bertz CT molecular complexity index is 973. The third kappa shape index (κ3) is 3.32. The van der Waals surface area contributed by atoms with Gasteiger partial charge in [0, 0.05) is 38.5 Å². The van der Waals surface area contributed by atoms with E-state index in [9.17, 15) is 4.79 Å².